The van der Waals surface area contributed by atoms with E-state index in [0.29, 0.717) is 26.2 Å². The first-order chi connectivity index (χ1) is 10.7. The van der Waals surface area contributed by atoms with Crippen molar-refractivity contribution >= 4 is 13.3 Å². The first-order valence-corrected chi connectivity index (χ1v) is 9.39. The van der Waals surface area contributed by atoms with Crippen molar-refractivity contribution in [3.63, 3.8) is 0 Å². The number of benzene rings is 1. The molecule has 1 aliphatic rings. The Kier molecular flexibility index (Phi) is 6.62. The summed E-state index contributed by atoms with van der Waals surface area (Å²) in [5.74, 6) is 0. The predicted octanol–water partition coefficient (Wildman–Crippen LogP) is 4.38. The third kappa shape index (κ3) is 4.67. The van der Waals surface area contributed by atoms with Gasteiger partial charge in [0, 0.05) is 6.42 Å². The molecule has 1 saturated carbocycles. The van der Waals surface area contributed by atoms with Crippen molar-refractivity contribution in [2.24, 2.45) is 5.16 Å². The fraction of sp³-hybridized carbons (Fsp3) is 0.562. The molecule has 0 heterocycles. The molecule has 22 heavy (non-hydrogen) atoms. The van der Waals surface area contributed by atoms with Crippen LogP contribution in [0.5, 0.6) is 0 Å². The number of nitrogens with zero attached hydrogens (tertiary/aromatic N) is 1. The summed E-state index contributed by atoms with van der Waals surface area (Å²) in [6.07, 6.45) is 2.17. The van der Waals surface area contributed by atoms with E-state index in [9.17, 15) is 4.57 Å². The van der Waals surface area contributed by atoms with E-state index in [0.717, 1.165) is 24.1 Å². The highest BCUT2D eigenvalue weighted by Crippen LogP contribution is 2.57. The van der Waals surface area contributed by atoms with Crippen LogP contribution in [0.25, 0.3) is 0 Å². The zero-order valence-electron chi connectivity index (χ0n) is 13.2. The van der Waals surface area contributed by atoms with Gasteiger partial charge in [0.25, 0.3) is 0 Å². The van der Waals surface area contributed by atoms with Gasteiger partial charge in [-0.2, -0.15) is 0 Å². The van der Waals surface area contributed by atoms with Crippen molar-refractivity contribution < 1.29 is 18.5 Å². The molecule has 0 N–H and O–H groups in total. The van der Waals surface area contributed by atoms with E-state index in [2.05, 4.69) is 5.16 Å². The second-order valence-corrected chi connectivity index (χ2v) is 7.51. The van der Waals surface area contributed by atoms with Gasteiger partial charge in [0.2, 0.25) is 0 Å². The van der Waals surface area contributed by atoms with Crippen molar-refractivity contribution in [3.05, 3.63) is 35.9 Å². The topological polar surface area (TPSA) is 57.1 Å². The first-order valence-electron chi connectivity index (χ1n) is 7.78. The lowest BCUT2D eigenvalue weighted by molar-refractivity contribution is 0.129. The Morgan fingerprint density at radius 1 is 1.18 bits per heavy atom. The summed E-state index contributed by atoms with van der Waals surface area (Å²) in [5, 5.41) is 4.19. The lowest BCUT2D eigenvalue weighted by Crippen LogP contribution is -2.10. The highest BCUT2D eigenvalue weighted by atomic mass is 31.2. The predicted molar refractivity (Wildman–Crippen MR) is 87.2 cm³/mol. The van der Waals surface area contributed by atoms with Crippen molar-refractivity contribution in [2.45, 2.75) is 45.4 Å². The molecule has 0 amide bonds. The van der Waals surface area contributed by atoms with Crippen molar-refractivity contribution in [1.82, 2.24) is 0 Å². The normalized spacial score (nSPS) is 20.5. The summed E-state index contributed by atoms with van der Waals surface area (Å²) < 4.78 is 23.5. The van der Waals surface area contributed by atoms with Gasteiger partial charge < -0.3 is 13.9 Å². The van der Waals surface area contributed by atoms with E-state index in [4.69, 9.17) is 13.9 Å². The van der Waals surface area contributed by atoms with Gasteiger partial charge in [0.15, 0.2) is 0 Å². The molecule has 1 aromatic rings. The lowest BCUT2D eigenvalue weighted by atomic mass is 10.2. The van der Waals surface area contributed by atoms with Gasteiger partial charge in [-0.25, -0.2) is 0 Å². The molecule has 122 valence electrons. The van der Waals surface area contributed by atoms with Crippen LogP contribution in [0.1, 0.15) is 38.7 Å². The van der Waals surface area contributed by atoms with Crippen LogP contribution in [0.4, 0.5) is 0 Å². The number of hydrogen-bond donors (Lipinski definition) is 0. The fourth-order valence-corrected chi connectivity index (χ4v) is 4.64. The molecule has 0 aliphatic heterocycles. The molecule has 2 rings (SSSR count). The summed E-state index contributed by atoms with van der Waals surface area (Å²) in [4.78, 5) is 5.40. The van der Waals surface area contributed by atoms with Crippen molar-refractivity contribution in [3.8, 4) is 0 Å². The van der Waals surface area contributed by atoms with Crippen molar-refractivity contribution in [1.29, 1.82) is 0 Å². The molecule has 6 heteroatoms. The van der Waals surface area contributed by atoms with Crippen LogP contribution in [0.2, 0.25) is 0 Å². The highest BCUT2D eigenvalue weighted by molar-refractivity contribution is 7.54. The van der Waals surface area contributed by atoms with Crippen LogP contribution in [0, 0.1) is 0 Å². The van der Waals surface area contributed by atoms with Crippen molar-refractivity contribution in [2.75, 3.05) is 13.2 Å². The number of rotatable bonds is 8. The Balaban J connectivity index is 1.88. The summed E-state index contributed by atoms with van der Waals surface area (Å²) in [6.45, 7) is 4.90. The third-order valence-electron chi connectivity index (χ3n) is 3.57. The molecule has 1 aliphatic carbocycles. The molecule has 0 aromatic heterocycles. The quantitative estimate of drug-likeness (QED) is 0.526. The minimum Gasteiger partial charge on any atom is -0.391 e. The summed E-state index contributed by atoms with van der Waals surface area (Å²) in [7, 11) is -3.03. The minimum atomic E-state index is -3.03. The van der Waals surface area contributed by atoms with Gasteiger partial charge in [-0.05, 0) is 32.3 Å². The minimum absolute atomic E-state index is 0.105. The van der Waals surface area contributed by atoms with Gasteiger partial charge in [-0.1, -0.05) is 35.5 Å². The maximum absolute atomic E-state index is 12.7. The monoisotopic (exact) mass is 325 g/mol. The summed E-state index contributed by atoms with van der Waals surface area (Å²) in [6, 6.07) is 9.90. The van der Waals surface area contributed by atoms with Crippen LogP contribution in [0.15, 0.2) is 35.5 Å². The lowest BCUT2D eigenvalue weighted by Gasteiger charge is -2.22. The van der Waals surface area contributed by atoms with Gasteiger partial charge >= 0.3 is 7.60 Å². The molecule has 1 unspecified atom stereocenters. The van der Waals surface area contributed by atoms with Crippen LogP contribution >= 0.6 is 7.60 Å². The Bertz CT molecular complexity index is 522. The van der Waals surface area contributed by atoms with Gasteiger partial charge in [-0.3, -0.25) is 4.57 Å². The molecule has 0 spiro atoms. The SMILES string of the molecule is CCOP(=O)(OCC)C1CC/C(=N\OCc2ccccc2)C1. The Morgan fingerprint density at radius 3 is 2.50 bits per heavy atom. The molecular formula is C16H24NO4P. The van der Waals surface area contributed by atoms with Crippen LogP contribution in [-0.4, -0.2) is 24.6 Å². The Labute approximate surface area is 132 Å². The van der Waals surface area contributed by atoms with E-state index in [-0.39, 0.29) is 5.66 Å². The molecule has 1 fully saturated rings. The zero-order valence-corrected chi connectivity index (χ0v) is 14.1. The number of hydrogen-bond acceptors (Lipinski definition) is 5. The Hall–Kier alpha value is -1.16. The largest absolute Gasteiger partial charge is 0.391 e. The molecule has 1 atom stereocenters. The maximum Gasteiger partial charge on any atom is 0.334 e. The number of oxime groups is 1. The molecule has 1 aromatic carbocycles. The maximum atomic E-state index is 12.7. The van der Waals surface area contributed by atoms with E-state index in [1.165, 1.54) is 0 Å². The second-order valence-electron chi connectivity index (χ2n) is 5.19. The van der Waals surface area contributed by atoms with Crippen LogP contribution in [-0.2, 0) is 25.1 Å². The third-order valence-corrected chi connectivity index (χ3v) is 6.14. The van der Waals surface area contributed by atoms with Crippen LogP contribution in [0.3, 0.4) is 0 Å². The average Bonchev–Trinajstić information content (AvgIpc) is 2.98. The smallest absolute Gasteiger partial charge is 0.334 e. The fourth-order valence-electron chi connectivity index (χ4n) is 2.54. The van der Waals surface area contributed by atoms with E-state index < -0.39 is 7.60 Å². The first kappa shape index (κ1) is 17.2. The second kappa shape index (κ2) is 8.47. The van der Waals surface area contributed by atoms with Gasteiger partial charge in [0.1, 0.15) is 6.61 Å². The molecule has 5 nitrogen and oxygen atoms in total. The van der Waals surface area contributed by atoms with Gasteiger partial charge in [-0.15, -0.1) is 0 Å². The van der Waals surface area contributed by atoms with E-state index in [1.807, 2.05) is 44.2 Å². The average molecular weight is 325 g/mol. The van der Waals surface area contributed by atoms with E-state index >= 15 is 0 Å². The standard InChI is InChI=1S/C16H24NO4P/c1-3-20-22(18,21-4-2)16-11-10-15(12-16)17-19-13-14-8-6-5-7-9-14/h5-9,16H,3-4,10-13H2,1-2H3/b17-15+. The van der Waals surface area contributed by atoms with Crippen LogP contribution < -0.4 is 0 Å². The highest BCUT2D eigenvalue weighted by Gasteiger charge is 2.39. The molecule has 0 radical (unpaired) electrons. The van der Waals surface area contributed by atoms with Gasteiger partial charge in [0.05, 0.1) is 24.6 Å². The summed E-state index contributed by atoms with van der Waals surface area (Å²) in [5.41, 5.74) is 1.91. The molecule has 0 bridgehead atoms. The summed E-state index contributed by atoms with van der Waals surface area (Å²) >= 11 is 0. The molecule has 0 saturated heterocycles. The Morgan fingerprint density at radius 2 is 1.86 bits per heavy atom. The zero-order chi connectivity index (χ0) is 15.8. The molecular weight excluding hydrogens is 301 g/mol. The van der Waals surface area contributed by atoms with E-state index in [1.54, 1.807) is 0 Å².